The number of carbonyl (C=O) groups is 2. The van der Waals surface area contributed by atoms with Crippen LogP contribution in [0.1, 0.15) is 28.8 Å². The van der Waals surface area contributed by atoms with E-state index in [1.807, 2.05) is 25.1 Å². The molecule has 1 aliphatic rings. The molecule has 1 fully saturated rings. The van der Waals surface area contributed by atoms with Gasteiger partial charge >= 0.3 is 0 Å². The Morgan fingerprint density at radius 2 is 2.29 bits per heavy atom. The fourth-order valence-corrected chi connectivity index (χ4v) is 1.94. The first-order valence-electron chi connectivity index (χ1n) is 5.82. The van der Waals surface area contributed by atoms with E-state index in [2.05, 4.69) is 10.6 Å². The van der Waals surface area contributed by atoms with Crippen molar-refractivity contribution in [2.24, 2.45) is 0 Å². The van der Waals surface area contributed by atoms with Gasteiger partial charge < -0.3 is 10.6 Å². The van der Waals surface area contributed by atoms with Crippen LogP contribution < -0.4 is 10.6 Å². The van der Waals surface area contributed by atoms with Crippen LogP contribution in [0.2, 0.25) is 0 Å². The lowest BCUT2D eigenvalue weighted by molar-refractivity contribution is -0.124. The molecule has 1 aromatic rings. The van der Waals surface area contributed by atoms with Crippen LogP contribution in [0.3, 0.4) is 0 Å². The largest absolute Gasteiger partial charge is 0.354 e. The number of carbonyl (C=O) groups excluding carboxylic acids is 2. The van der Waals surface area contributed by atoms with Gasteiger partial charge in [0.15, 0.2) is 0 Å². The number of piperidine rings is 1. The number of benzene rings is 1. The average Bonchev–Trinajstić information content (AvgIpc) is 2.32. The van der Waals surface area contributed by atoms with Crippen LogP contribution in [0, 0.1) is 6.92 Å². The normalized spacial score (nSPS) is 19.6. The average molecular weight is 232 g/mol. The zero-order chi connectivity index (χ0) is 12.3. The third-order valence-corrected chi connectivity index (χ3v) is 2.87. The maximum absolute atomic E-state index is 11.9. The van der Waals surface area contributed by atoms with Crippen LogP contribution in [0.15, 0.2) is 24.3 Å². The SMILES string of the molecule is Cc1cccc(C(=O)NC2CCCNC2=O)c1. The molecule has 2 rings (SSSR count). The molecule has 2 N–H and O–H groups in total. The van der Waals surface area contributed by atoms with Crippen molar-refractivity contribution < 1.29 is 9.59 Å². The van der Waals surface area contributed by atoms with Gasteiger partial charge in [-0.05, 0) is 31.9 Å². The Hall–Kier alpha value is -1.84. The van der Waals surface area contributed by atoms with Crippen molar-refractivity contribution in [3.05, 3.63) is 35.4 Å². The predicted octanol–water partition coefficient (Wildman–Crippen LogP) is 1.00. The fourth-order valence-electron chi connectivity index (χ4n) is 1.94. The molecule has 4 nitrogen and oxygen atoms in total. The van der Waals surface area contributed by atoms with Gasteiger partial charge in [0, 0.05) is 12.1 Å². The van der Waals surface area contributed by atoms with Gasteiger partial charge in [-0.2, -0.15) is 0 Å². The van der Waals surface area contributed by atoms with Crippen LogP contribution in [-0.4, -0.2) is 24.4 Å². The van der Waals surface area contributed by atoms with Gasteiger partial charge in [0.05, 0.1) is 0 Å². The molecule has 0 bridgehead atoms. The van der Waals surface area contributed by atoms with Crippen LogP contribution in [0.5, 0.6) is 0 Å². The second-order valence-electron chi connectivity index (χ2n) is 4.33. The highest BCUT2D eigenvalue weighted by molar-refractivity contribution is 5.97. The topological polar surface area (TPSA) is 58.2 Å². The lowest BCUT2D eigenvalue weighted by Gasteiger charge is -2.22. The molecule has 1 saturated heterocycles. The molecule has 1 atom stereocenters. The Kier molecular flexibility index (Phi) is 3.42. The molecule has 1 aliphatic heterocycles. The van der Waals surface area contributed by atoms with Crippen LogP contribution in [0.4, 0.5) is 0 Å². The maximum atomic E-state index is 11.9. The Morgan fingerprint density at radius 1 is 1.47 bits per heavy atom. The van der Waals surface area contributed by atoms with E-state index >= 15 is 0 Å². The van der Waals surface area contributed by atoms with Gasteiger partial charge in [-0.3, -0.25) is 9.59 Å². The summed E-state index contributed by atoms with van der Waals surface area (Å²) in [5.41, 5.74) is 1.63. The molecule has 17 heavy (non-hydrogen) atoms. The molecule has 0 aromatic heterocycles. The number of hydrogen-bond acceptors (Lipinski definition) is 2. The van der Waals surface area contributed by atoms with E-state index in [-0.39, 0.29) is 11.8 Å². The summed E-state index contributed by atoms with van der Waals surface area (Å²) in [6.07, 6.45) is 1.62. The van der Waals surface area contributed by atoms with Gasteiger partial charge in [-0.15, -0.1) is 0 Å². The molecular weight excluding hydrogens is 216 g/mol. The van der Waals surface area contributed by atoms with Gasteiger partial charge in [0.1, 0.15) is 6.04 Å². The molecule has 0 spiro atoms. The number of nitrogens with one attached hydrogen (secondary N) is 2. The van der Waals surface area contributed by atoms with E-state index in [0.29, 0.717) is 18.5 Å². The van der Waals surface area contributed by atoms with E-state index in [1.165, 1.54) is 0 Å². The summed E-state index contributed by atoms with van der Waals surface area (Å²) in [4.78, 5) is 23.4. The molecule has 1 heterocycles. The first kappa shape index (κ1) is 11.6. The highest BCUT2D eigenvalue weighted by Gasteiger charge is 2.23. The molecule has 0 saturated carbocycles. The van der Waals surface area contributed by atoms with Crippen molar-refractivity contribution in [1.29, 1.82) is 0 Å². The lowest BCUT2D eigenvalue weighted by atomic mass is 10.1. The summed E-state index contributed by atoms with van der Waals surface area (Å²) in [5, 5.41) is 5.51. The second kappa shape index (κ2) is 4.99. The van der Waals surface area contributed by atoms with Gasteiger partial charge in [-0.1, -0.05) is 17.7 Å². The summed E-state index contributed by atoms with van der Waals surface area (Å²) < 4.78 is 0. The van der Waals surface area contributed by atoms with Crippen molar-refractivity contribution in [1.82, 2.24) is 10.6 Å². The highest BCUT2D eigenvalue weighted by Crippen LogP contribution is 2.07. The summed E-state index contributed by atoms with van der Waals surface area (Å²) in [7, 11) is 0. The van der Waals surface area contributed by atoms with E-state index in [1.54, 1.807) is 6.07 Å². The standard InChI is InChI=1S/C13H16N2O2/c1-9-4-2-5-10(8-9)12(16)15-11-6-3-7-14-13(11)17/h2,4-5,8,11H,3,6-7H2,1H3,(H,14,17)(H,15,16). The summed E-state index contributed by atoms with van der Waals surface area (Å²) >= 11 is 0. The van der Waals surface area contributed by atoms with Crippen LogP contribution in [0.25, 0.3) is 0 Å². The van der Waals surface area contributed by atoms with Crippen LogP contribution >= 0.6 is 0 Å². The van der Waals surface area contributed by atoms with Gasteiger partial charge in [0.25, 0.3) is 5.91 Å². The Morgan fingerprint density at radius 3 is 3.00 bits per heavy atom. The monoisotopic (exact) mass is 232 g/mol. The molecule has 0 aliphatic carbocycles. The minimum Gasteiger partial charge on any atom is -0.354 e. The zero-order valence-corrected chi connectivity index (χ0v) is 9.82. The molecule has 0 radical (unpaired) electrons. The van der Waals surface area contributed by atoms with Crippen molar-refractivity contribution in [3.8, 4) is 0 Å². The number of hydrogen-bond donors (Lipinski definition) is 2. The summed E-state index contributed by atoms with van der Waals surface area (Å²) in [6.45, 7) is 2.64. The number of rotatable bonds is 2. The second-order valence-corrected chi connectivity index (χ2v) is 4.33. The third-order valence-electron chi connectivity index (χ3n) is 2.87. The molecule has 2 amide bonds. The van der Waals surface area contributed by atoms with E-state index < -0.39 is 6.04 Å². The van der Waals surface area contributed by atoms with E-state index in [0.717, 1.165) is 12.0 Å². The molecule has 1 unspecified atom stereocenters. The first-order chi connectivity index (χ1) is 8.16. The van der Waals surface area contributed by atoms with E-state index in [4.69, 9.17) is 0 Å². The Bertz CT molecular complexity index is 443. The van der Waals surface area contributed by atoms with Gasteiger partial charge in [0.2, 0.25) is 5.91 Å². The zero-order valence-electron chi connectivity index (χ0n) is 9.82. The highest BCUT2D eigenvalue weighted by atomic mass is 16.2. The van der Waals surface area contributed by atoms with Crippen molar-refractivity contribution in [3.63, 3.8) is 0 Å². The van der Waals surface area contributed by atoms with Crippen molar-refractivity contribution in [2.75, 3.05) is 6.54 Å². The first-order valence-corrected chi connectivity index (χ1v) is 5.82. The third kappa shape index (κ3) is 2.84. The van der Waals surface area contributed by atoms with Crippen molar-refractivity contribution >= 4 is 11.8 Å². The number of aryl methyl sites for hydroxylation is 1. The molecular formula is C13H16N2O2. The quantitative estimate of drug-likeness (QED) is 0.799. The fraction of sp³-hybridized carbons (Fsp3) is 0.385. The molecule has 4 heteroatoms. The minimum absolute atomic E-state index is 0.0859. The minimum atomic E-state index is -0.392. The smallest absolute Gasteiger partial charge is 0.251 e. The number of amides is 2. The summed E-state index contributed by atoms with van der Waals surface area (Å²) in [6, 6.07) is 6.95. The van der Waals surface area contributed by atoms with Gasteiger partial charge in [-0.25, -0.2) is 0 Å². The lowest BCUT2D eigenvalue weighted by Crippen LogP contribution is -2.50. The summed E-state index contributed by atoms with van der Waals surface area (Å²) in [5.74, 6) is -0.270. The maximum Gasteiger partial charge on any atom is 0.251 e. The van der Waals surface area contributed by atoms with Crippen molar-refractivity contribution in [2.45, 2.75) is 25.8 Å². The predicted molar refractivity (Wildman–Crippen MR) is 64.7 cm³/mol. The Balaban J connectivity index is 2.03. The Labute approximate surface area is 100 Å². The van der Waals surface area contributed by atoms with Crippen LogP contribution in [-0.2, 0) is 4.79 Å². The molecule has 90 valence electrons. The van der Waals surface area contributed by atoms with E-state index in [9.17, 15) is 9.59 Å². The molecule has 1 aromatic carbocycles.